The zero-order chi connectivity index (χ0) is 44.4. The van der Waals surface area contributed by atoms with Gasteiger partial charge in [0.2, 0.25) is 17.6 Å². The minimum absolute atomic E-state index is 0.139. The lowest BCUT2D eigenvalue weighted by Gasteiger charge is -2.28. The number of furan rings is 1. The number of benzene rings is 2. The number of hydrogen-bond donors (Lipinski definition) is 5. The Morgan fingerprint density at radius 3 is 1.97 bits per heavy atom. The number of rotatable bonds is 11. The quantitative estimate of drug-likeness (QED) is 0.0757. The summed E-state index contributed by atoms with van der Waals surface area (Å²) in [6, 6.07) is 24.0. The minimum Gasteiger partial charge on any atom is -0.432 e. The van der Waals surface area contributed by atoms with Gasteiger partial charge in [-0.3, -0.25) is 9.78 Å². The molecule has 8 heterocycles. The van der Waals surface area contributed by atoms with E-state index in [1.54, 1.807) is 30.9 Å². The lowest BCUT2D eigenvalue weighted by atomic mass is 10.1. The second-order valence-corrected chi connectivity index (χ2v) is 16.0. The number of aryl methyl sites for hydroxylation is 2. The Labute approximate surface area is 376 Å². The largest absolute Gasteiger partial charge is 0.432 e. The van der Waals surface area contributed by atoms with E-state index in [0.29, 0.717) is 68.3 Å². The lowest BCUT2D eigenvalue weighted by Crippen LogP contribution is -2.42. The van der Waals surface area contributed by atoms with Gasteiger partial charge >= 0.3 is 0 Å². The number of nitrogens with one attached hydrogen (secondary N) is 5. The Morgan fingerprint density at radius 2 is 1.34 bits per heavy atom. The highest BCUT2D eigenvalue weighted by molar-refractivity contribution is 5.99. The Balaban J connectivity index is 0.000000165. The van der Waals surface area contributed by atoms with Crippen molar-refractivity contribution in [3.05, 3.63) is 113 Å². The number of ether oxygens (including phenoxy) is 2. The van der Waals surface area contributed by atoms with Crippen molar-refractivity contribution in [2.24, 2.45) is 10.2 Å². The summed E-state index contributed by atoms with van der Waals surface area (Å²) in [5.41, 5.74) is 14.3. The van der Waals surface area contributed by atoms with Crippen molar-refractivity contribution < 1.29 is 18.7 Å². The van der Waals surface area contributed by atoms with Crippen molar-refractivity contribution in [1.82, 2.24) is 40.5 Å². The third-order valence-electron chi connectivity index (χ3n) is 11.2. The average Bonchev–Trinajstić information content (AvgIpc) is 3.98. The highest BCUT2D eigenvalue weighted by Gasteiger charge is 2.25. The van der Waals surface area contributed by atoms with E-state index in [-0.39, 0.29) is 17.7 Å². The number of pyridine rings is 1. The summed E-state index contributed by atoms with van der Waals surface area (Å²) >= 11 is 0. The highest BCUT2D eigenvalue weighted by atomic mass is 16.5. The van der Waals surface area contributed by atoms with Gasteiger partial charge in [-0.15, -0.1) is 0 Å². The Hall–Kier alpha value is -7.28. The van der Waals surface area contributed by atoms with Crippen LogP contribution in [-0.2, 0) is 9.47 Å². The molecular weight excluding hydrogens is 825 g/mol. The number of aromatic amines is 1. The normalized spacial score (nSPS) is 16.0. The number of amides is 1. The van der Waals surface area contributed by atoms with Crippen LogP contribution in [0, 0.1) is 13.8 Å². The number of anilines is 4. The van der Waals surface area contributed by atoms with E-state index in [9.17, 15) is 4.79 Å². The van der Waals surface area contributed by atoms with Crippen LogP contribution in [0.1, 0.15) is 45.7 Å². The molecule has 334 valence electrons. The summed E-state index contributed by atoms with van der Waals surface area (Å²) < 4.78 is 16.9. The van der Waals surface area contributed by atoms with Crippen molar-refractivity contribution in [1.29, 1.82) is 0 Å². The molecule has 3 fully saturated rings. The van der Waals surface area contributed by atoms with Crippen LogP contribution < -0.4 is 31.3 Å². The van der Waals surface area contributed by atoms with Gasteiger partial charge < -0.3 is 39.3 Å². The van der Waals surface area contributed by atoms with Crippen LogP contribution in [0.3, 0.4) is 0 Å². The predicted molar refractivity (Wildman–Crippen MR) is 253 cm³/mol. The fourth-order valence-corrected chi connectivity index (χ4v) is 7.88. The predicted octanol–water partition coefficient (Wildman–Crippen LogP) is 5.91. The standard InChI is InChI=1S/C24H29N7O3.C23H23N7O/c1-16-3-2-4-17(13-16)15-26-30-24-28-21(31-9-11-33-12-10-31)19-14-20(34-23(19)29-24)22(32)27-18-5-7-25-8-6-18;1-16-3-2-4-17(13-16)15-25-29-23-27-20-14-19(18-5-7-24-8-6-18)26-21(20)22(28-23)30-9-11-31-12-10-30/h2-4,13-15,18,25H,5-12H2,1H3,(H,27,32)(H,28,29,30);2-8,13-15,26H,9-12H2,1H3,(H,27,28,29)/b26-15+;25-15+. The van der Waals surface area contributed by atoms with Crippen LogP contribution in [0.25, 0.3) is 33.4 Å². The molecule has 5 N–H and O–H groups in total. The second-order valence-electron chi connectivity index (χ2n) is 16.0. The number of piperidine rings is 1. The van der Waals surface area contributed by atoms with Crippen LogP contribution in [0.2, 0.25) is 0 Å². The smallest absolute Gasteiger partial charge is 0.287 e. The zero-order valence-electron chi connectivity index (χ0n) is 36.5. The van der Waals surface area contributed by atoms with Gasteiger partial charge in [0.25, 0.3) is 5.91 Å². The fraction of sp³-hybridized carbons (Fsp3) is 0.319. The Kier molecular flexibility index (Phi) is 13.5. The van der Waals surface area contributed by atoms with Crippen LogP contribution in [0.15, 0.2) is 99.8 Å². The number of hydrazone groups is 2. The van der Waals surface area contributed by atoms with Gasteiger partial charge in [0.15, 0.2) is 11.6 Å². The number of morpholine rings is 2. The summed E-state index contributed by atoms with van der Waals surface area (Å²) in [5, 5.41) is 15.7. The van der Waals surface area contributed by atoms with E-state index in [1.807, 2.05) is 61.5 Å². The van der Waals surface area contributed by atoms with Crippen LogP contribution in [0.5, 0.6) is 0 Å². The molecule has 1 amide bonds. The molecule has 5 aromatic heterocycles. The number of carbonyl (C=O) groups excluding carboxylic acids is 1. The van der Waals surface area contributed by atoms with Crippen molar-refractivity contribution in [2.45, 2.75) is 32.7 Å². The molecule has 18 heteroatoms. The van der Waals surface area contributed by atoms with Gasteiger partial charge in [-0.05, 0) is 69.1 Å². The summed E-state index contributed by atoms with van der Waals surface area (Å²) in [5.74, 6) is 2.31. The van der Waals surface area contributed by atoms with E-state index < -0.39 is 0 Å². The van der Waals surface area contributed by atoms with Gasteiger partial charge in [0, 0.05) is 61.9 Å². The molecule has 3 saturated heterocycles. The number of carbonyl (C=O) groups is 1. The molecule has 65 heavy (non-hydrogen) atoms. The molecule has 18 nitrogen and oxygen atoms in total. The molecule has 0 saturated carbocycles. The van der Waals surface area contributed by atoms with E-state index in [1.165, 1.54) is 5.56 Å². The first kappa shape index (κ1) is 43.0. The van der Waals surface area contributed by atoms with Crippen molar-refractivity contribution in [3.8, 4) is 11.3 Å². The van der Waals surface area contributed by atoms with Gasteiger partial charge in [-0.25, -0.2) is 15.8 Å². The Bertz CT molecular complexity index is 2770. The molecular formula is C47H52N14O4. The van der Waals surface area contributed by atoms with Gasteiger partial charge in [0.05, 0.1) is 49.8 Å². The first-order valence-electron chi connectivity index (χ1n) is 21.9. The Morgan fingerprint density at radius 1 is 0.738 bits per heavy atom. The first-order valence-corrected chi connectivity index (χ1v) is 21.9. The molecule has 0 atom stereocenters. The van der Waals surface area contributed by atoms with Gasteiger partial charge in [-0.2, -0.15) is 25.2 Å². The van der Waals surface area contributed by atoms with E-state index in [4.69, 9.17) is 23.9 Å². The molecule has 7 aromatic rings. The van der Waals surface area contributed by atoms with Gasteiger partial charge in [0.1, 0.15) is 11.3 Å². The second kappa shape index (κ2) is 20.5. The molecule has 3 aliphatic rings. The number of nitrogens with zero attached hydrogens (tertiary/aromatic N) is 9. The van der Waals surface area contributed by atoms with E-state index in [2.05, 4.69) is 80.5 Å². The molecule has 3 aliphatic heterocycles. The molecule has 0 spiro atoms. The van der Waals surface area contributed by atoms with E-state index in [0.717, 1.165) is 83.8 Å². The maximum Gasteiger partial charge on any atom is 0.287 e. The zero-order valence-corrected chi connectivity index (χ0v) is 36.5. The maximum absolute atomic E-state index is 12.9. The average molecular weight is 877 g/mol. The molecule has 10 rings (SSSR count). The number of hydrogen-bond acceptors (Lipinski definition) is 16. The topological polar surface area (TPSA) is 208 Å². The molecule has 0 bridgehead atoms. The summed E-state index contributed by atoms with van der Waals surface area (Å²) in [6.07, 6.45) is 8.85. The van der Waals surface area contributed by atoms with Crippen molar-refractivity contribution in [2.75, 3.05) is 86.3 Å². The molecule has 0 unspecified atom stereocenters. The summed E-state index contributed by atoms with van der Waals surface area (Å²) in [4.78, 5) is 43.4. The monoisotopic (exact) mass is 876 g/mol. The number of aromatic nitrogens is 6. The van der Waals surface area contributed by atoms with Gasteiger partial charge in [-0.1, -0.05) is 59.7 Å². The van der Waals surface area contributed by atoms with Crippen LogP contribution >= 0.6 is 0 Å². The number of fused-ring (bicyclic) bond motifs is 2. The van der Waals surface area contributed by atoms with Crippen molar-refractivity contribution in [3.63, 3.8) is 0 Å². The highest BCUT2D eigenvalue weighted by Crippen LogP contribution is 2.31. The lowest BCUT2D eigenvalue weighted by molar-refractivity contribution is 0.0903. The number of H-pyrrole nitrogens is 1. The molecule has 0 aliphatic carbocycles. The first-order chi connectivity index (χ1) is 31.9. The molecule has 0 radical (unpaired) electrons. The fourth-order valence-electron chi connectivity index (χ4n) is 7.88. The third kappa shape index (κ3) is 10.9. The molecule has 2 aromatic carbocycles. The summed E-state index contributed by atoms with van der Waals surface area (Å²) in [7, 11) is 0. The maximum atomic E-state index is 12.9. The minimum atomic E-state index is -0.232. The van der Waals surface area contributed by atoms with Crippen LogP contribution in [-0.4, -0.2) is 120 Å². The SMILES string of the molecule is Cc1cccc(/C=N/Nc2nc(N3CCOCC3)c3[nH]c(-c4ccncc4)cc3n2)c1.Cc1cccc(/C=N/Nc2nc(N3CCOCC3)c3cc(C(=O)NC4CCNCC4)oc3n2)c1. The van der Waals surface area contributed by atoms with E-state index >= 15 is 0 Å². The van der Waals surface area contributed by atoms with Crippen LogP contribution in [0.4, 0.5) is 23.5 Å². The third-order valence-corrected chi connectivity index (χ3v) is 11.2. The summed E-state index contributed by atoms with van der Waals surface area (Å²) in [6.45, 7) is 11.4. The van der Waals surface area contributed by atoms with Crippen molar-refractivity contribution >= 4 is 64.0 Å².